The Balaban J connectivity index is 0.896. The minimum atomic E-state index is 0.322. The molecule has 0 spiro atoms. The van der Waals surface area contributed by atoms with Crippen molar-refractivity contribution in [1.82, 2.24) is 23.7 Å². The highest BCUT2D eigenvalue weighted by molar-refractivity contribution is 6.00. The second kappa shape index (κ2) is 15.8. The molecule has 0 radical (unpaired) electrons. The van der Waals surface area contributed by atoms with Gasteiger partial charge in [0.15, 0.2) is 0 Å². The van der Waals surface area contributed by atoms with Crippen LogP contribution < -0.4 is 0 Å². The zero-order chi connectivity index (χ0) is 44.0. The summed E-state index contributed by atoms with van der Waals surface area (Å²) in [4.78, 5) is 11.1. The van der Waals surface area contributed by atoms with Gasteiger partial charge in [0.05, 0.1) is 23.3 Å². The van der Waals surface area contributed by atoms with Crippen molar-refractivity contribution < 1.29 is 0 Å². The van der Waals surface area contributed by atoms with E-state index in [4.69, 9.17) is 9.97 Å². The molecule has 2 atom stereocenters. The van der Waals surface area contributed by atoms with Crippen molar-refractivity contribution in [1.29, 1.82) is 0 Å². The Morgan fingerprint density at radius 2 is 1.13 bits per heavy atom. The molecule has 67 heavy (non-hydrogen) atoms. The Morgan fingerprint density at radius 3 is 1.87 bits per heavy atom. The van der Waals surface area contributed by atoms with Crippen LogP contribution in [0.1, 0.15) is 121 Å². The van der Waals surface area contributed by atoms with Gasteiger partial charge in [-0.1, -0.05) is 109 Å². The van der Waals surface area contributed by atoms with Crippen molar-refractivity contribution in [2.75, 3.05) is 0 Å². The lowest BCUT2D eigenvalue weighted by Crippen LogP contribution is -2.14. The molecular weight excluding hydrogens is 815 g/mol. The number of benzene rings is 3. The second-order valence-electron chi connectivity index (χ2n) is 19.8. The Kier molecular flexibility index (Phi) is 9.27. The number of nitrogens with zero attached hydrogens (tertiary/aromatic N) is 5. The van der Waals surface area contributed by atoms with E-state index in [1.165, 1.54) is 104 Å². The summed E-state index contributed by atoms with van der Waals surface area (Å²) in [6.07, 6.45) is 48.5. The smallest absolute Gasteiger partial charge is 0.235 e. The van der Waals surface area contributed by atoms with E-state index in [0.29, 0.717) is 12.1 Å². The lowest BCUT2D eigenvalue weighted by Gasteiger charge is -2.25. The molecule has 0 saturated carbocycles. The quantitative estimate of drug-likeness (QED) is 0.167. The third kappa shape index (κ3) is 6.34. The predicted molar refractivity (Wildman–Crippen MR) is 278 cm³/mol. The first-order valence-electron chi connectivity index (χ1n) is 25.2. The van der Waals surface area contributed by atoms with E-state index >= 15 is 0 Å². The molecule has 2 unspecified atom stereocenters. The van der Waals surface area contributed by atoms with Crippen molar-refractivity contribution in [2.24, 2.45) is 0 Å². The van der Waals surface area contributed by atoms with Gasteiger partial charge in [-0.3, -0.25) is 4.57 Å². The molecule has 0 aliphatic heterocycles. The Labute approximate surface area is 393 Å². The van der Waals surface area contributed by atoms with Crippen LogP contribution in [0.15, 0.2) is 150 Å². The molecule has 7 aliphatic rings. The fourth-order valence-electron chi connectivity index (χ4n) is 13.0. The van der Waals surface area contributed by atoms with Gasteiger partial charge in [-0.15, -0.1) is 0 Å². The first-order chi connectivity index (χ1) is 33.2. The summed E-state index contributed by atoms with van der Waals surface area (Å²) in [7, 11) is 0. The molecular formula is C62H55N5. The highest BCUT2D eigenvalue weighted by atomic mass is 15.2. The van der Waals surface area contributed by atoms with Gasteiger partial charge in [-0.2, -0.15) is 0 Å². The van der Waals surface area contributed by atoms with Crippen molar-refractivity contribution in [3.8, 4) is 17.2 Å². The topological polar surface area (TPSA) is 40.6 Å². The van der Waals surface area contributed by atoms with Crippen LogP contribution in [-0.4, -0.2) is 23.7 Å². The molecule has 14 rings (SSSR count). The number of hydrogen-bond acceptors (Lipinski definition) is 2. The van der Waals surface area contributed by atoms with Crippen LogP contribution in [0.2, 0.25) is 0 Å². The van der Waals surface area contributed by atoms with E-state index in [-0.39, 0.29) is 0 Å². The number of allylic oxidation sites excluding steroid dienone is 14. The van der Waals surface area contributed by atoms with Gasteiger partial charge in [-0.05, 0) is 155 Å². The van der Waals surface area contributed by atoms with Crippen LogP contribution in [0.4, 0.5) is 0 Å². The SMILES string of the molecule is C1=CCC(n2c3c(c4cc(-c5nc(-n6c7c(c8c6CCC(C6=Cc9c(n(C%10C=CC=CC%10)c%10ccccc9%10)CC6)=C8)C=CCC7)nc6ccccc56)ccc42)C=C(C2=CCCCC2)CC3)C=C1. The average molecular weight is 870 g/mol. The van der Waals surface area contributed by atoms with E-state index in [2.05, 4.69) is 165 Å². The van der Waals surface area contributed by atoms with Gasteiger partial charge >= 0.3 is 0 Å². The number of hydrogen-bond donors (Lipinski definition) is 0. The van der Waals surface area contributed by atoms with Crippen LogP contribution in [-0.2, 0) is 25.7 Å². The normalized spacial score (nSPS) is 20.7. The second-order valence-corrected chi connectivity index (χ2v) is 19.8. The van der Waals surface area contributed by atoms with E-state index in [1.807, 2.05) is 0 Å². The van der Waals surface area contributed by atoms with Gasteiger partial charge in [0.2, 0.25) is 5.95 Å². The van der Waals surface area contributed by atoms with Crippen LogP contribution >= 0.6 is 0 Å². The lowest BCUT2D eigenvalue weighted by atomic mass is 9.84. The van der Waals surface area contributed by atoms with Crippen molar-refractivity contribution in [3.63, 3.8) is 0 Å². The fourth-order valence-corrected chi connectivity index (χ4v) is 13.0. The first kappa shape index (κ1) is 39.2. The molecule has 0 amide bonds. The molecule has 0 bridgehead atoms. The molecule has 328 valence electrons. The third-order valence-corrected chi connectivity index (χ3v) is 16.1. The van der Waals surface area contributed by atoms with Crippen molar-refractivity contribution in [3.05, 3.63) is 195 Å². The van der Waals surface area contributed by atoms with Gasteiger partial charge in [0, 0.05) is 77.8 Å². The number of aromatic nitrogens is 5. The summed E-state index contributed by atoms with van der Waals surface area (Å²) >= 11 is 0. The molecule has 5 nitrogen and oxygen atoms in total. The molecule has 0 saturated heterocycles. The summed E-state index contributed by atoms with van der Waals surface area (Å²) in [6, 6.07) is 25.6. The van der Waals surface area contributed by atoms with Crippen LogP contribution in [0, 0.1) is 0 Å². The number of rotatable bonds is 6. The standard InChI is InChI=1S/C62H55N5/c1-4-16-40(17-5-1)41-28-32-58-52(36-41)53-39-44(31-35-59(53)66(58)46-20-8-3-9-21-46)61-49-24-10-13-25-54(49)63-62(64-61)67-56-27-15-12-23-48(56)51-38-43(30-34-60(51)67)42-29-33-57-50(37-42)47-22-11-14-26-55(47)65(57)45-18-6-2-7-19-45/h2-3,6-14,16,18,20,22-26,31,35-39,45-46H,1,4-5,15,17,19,21,27-30,32-34H2. The van der Waals surface area contributed by atoms with E-state index < -0.39 is 0 Å². The van der Waals surface area contributed by atoms with Crippen LogP contribution in [0.25, 0.3) is 74.2 Å². The maximum atomic E-state index is 5.67. The highest BCUT2D eigenvalue weighted by Crippen LogP contribution is 2.45. The summed E-state index contributed by atoms with van der Waals surface area (Å²) in [6.45, 7) is 0. The molecule has 4 heterocycles. The monoisotopic (exact) mass is 869 g/mol. The molecule has 0 N–H and O–H groups in total. The van der Waals surface area contributed by atoms with Crippen molar-refractivity contribution in [2.45, 2.75) is 102 Å². The van der Waals surface area contributed by atoms with E-state index in [9.17, 15) is 0 Å². The average Bonchev–Trinajstić information content (AvgIpc) is 4.04. The minimum absolute atomic E-state index is 0.322. The Morgan fingerprint density at radius 1 is 0.478 bits per heavy atom. The predicted octanol–water partition coefficient (Wildman–Crippen LogP) is 15.3. The van der Waals surface area contributed by atoms with Crippen molar-refractivity contribution >= 4 is 57.0 Å². The zero-order valence-electron chi connectivity index (χ0n) is 38.2. The van der Waals surface area contributed by atoms with Crippen LogP contribution in [0.5, 0.6) is 0 Å². The summed E-state index contributed by atoms with van der Waals surface area (Å²) in [5.41, 5.74) is 23.1. The summed E-state index contributed by atoms with van der Waals surface area (Å²) in [5.74, 6) is 0.796. The van der Waals surface area contributed by atoms with Crippen LogP contribution in [0.3, 0.4) is 0 Å². The highest BCUT2D eigenvalue weighted by Gasteiger charge is 2.31. The lowest BCUT2D eigenvalue weighted by molar-refractivity contribution is 0.596. The molecule has 0 fully saturated rings. The number of fused-ring (bicyclic) bond motifs is 10. The summed E-state index contributed by atoms with van der Waals surface area (Å²) in [5, 5.41) is 3.81. The minimum Gasteiger partial charge on any atom is -0.337 e. The maximum Gasteiger partial charge on any atom is 0.235 e. The molecule has 7 aliphatic carbocycles. The largest absolute Gasteiger partial charge is 0.337 e. The Hall–Kier alpha value is -6.98. The molecule has 3 aromatic carbocycles. The third-order valence-electron chi connectivity index (χ3n) is 16.1. The van der Waals surface area contributed by atoms with Gasteiger partial charge in [0.25, 0.3) is 0 Å². The molecule has 7 aromatic rings. The summed E-state index contributed by atoms with van der Waals surface area (Å²) < 4.78 is 7.75. The van der Waals surface area contributed by atoms with Gasteiger partial charge in [-0.25, -0.2) is 9.97 Å². The number of para-hydroxylation sites is 2. The first-order valence-corrected chi connectivity index (χ1v) is 25.2. The van der Waals surface area contributed by atoms with Gasteiger partial charge in [0.1, 0.15) is 0 Å². The Bertz CT molecular complexity index is 3540. The molecule has 4 aromatic heterocycles. The molecule has 5 heteroatoms. The van der Waals surface area contributed by atoms with E-state index in [1.54, 1.807) is 11.1 Å². The maximum absolute atomic E-state index is 5.67. The van der Waals surface area contributed by atoms with Gasteiger partial charge < -0.3 is 9.13 Å². The fraction of sp³-hybridized carbons (Fsp3) is 0.258. The van der Waals surface area contributed by atoms with E-state index in [0.717, 1.165) is 92.3 Å². The zero-order valence-corrected chi connectivity index (χ0v) is 38.2.